The molecular formula is C27H38O5. The van der Waals surface area contributed by atoms with E-state index in [4.69, 9.17) is 4.74 Å². The first-order valence-corrected chi connectivity index (χ1v) is 12.2. The van der Waals surface area contributed by atoms with Crippen LogP contribution < -0.4 is 4.74 Å². The zero-order valence-corrected chi connectivity index (χ0v) is 20.4. The van der Waals surface area contributed by atoms with Crippen LogP contribution in [0.1, 0.15) is 106 Å². The molecule has 4 aliphatic rings. The van der Waals surface area contributed by atoms with Gasteiger partial charge >= 0.3 is 0 Å². The molecule has 0 aromatic heterocycles. The molecule has 5 rings (SSSR count). The van der Waals surface area contributed by atoms with E-state index >= 15 is 0 Å². The molecule has 2 bridgehead atoms. The highest BCUT2D eigenvalue weighted by molar-refractivity contribution is 6.09. The van der Waals surface area contributed by atoms with Gasteiger partial charge in [-0.25, -0.2) is 0 Å². The molecule has 0 amide bonds. The number of ether oxygens (including phenoxy) is 1. The number of Topliss-reactive ketones (excluding diaryl/α,β-unsaturated/α-hetero) is 2. The number of carbonyl (C=O) groups excluding carboxylic acids is 2. The third kappa shape index (κ3) is 3.43. The van der Waals surface area contributed by atoms with E-state index in [1.807, 2.05) is 27.7 Å². The second-order valence-corrected chi connectivity index (χ2v) is 11.8. The first-order chi connectivity index (χ1) is 14.9. The number of phenolic OH excluding ortho intramolecular Hbond substituents is 2. The maximum Gasteiger partial charge on any atom is 0.170 e. The molecule has 1 aromatic carbocycles. The minimum absolute atomic E-state index is 0.0719. The highest BCUT2D eigenvalue weighted by Gasteiger charge is 2.63. The molecular weight excluding hydrogens is 404 g/mol. The Morgan fingerprint density at radius 3 is 2.09 bits per heavy atom. The first kappa shape index (κ1) is 23.1. The molecule has 176 valence electrons. The average molecular weight is 443 g/mol. The molecule has 0 radical (unpaired) electrons. The van der Waals surface area contributed by atoms with Crippen molar-refractivity contribution >= 4 is 11.6 Å². The lowest BCUT2D eigenvalue weighted by molar-refractivity contribution is -0.195. The third-order valence-corrected chi connectivity index (χ3v) is 8.37. The predicted octanol–water partition coefficient (Wildman–Crippen LogP) is 6.08. The SMILES string of the molecule is CC(C)CC(=O)c1c(O)c2c(c(C(=O)CC(C)C)c1O)O[C@@]1(CC2)CC[C@@H]2C[C@H]1C2(C)C. The smallest absolute Gasteiger partial charge is 0.170 e. The lowest BCUT2D eigenvalue weighted by Gasteiger charge is -2.65. The molecule has 32 heavy (non-hydrogen) atoms. The van der Waals surface area contributed by atoms with E-state index in [-0.39, 0.29) is 64.1 Å². The molecule has 3 fully saturated rings. The van der Waals surface area contributed by atoms with E-state index in [2.05, 4.69) is 13.8 Å². The van der Waals surface area contributed by atoms with E-state index in [0.29, 0.717) is 29.6 Å². The van der Waals surface area contributed by atoms with Gasteiger partial charge in [-0.1, -0.05) is 41.5 Å². The van der Waals surface area contributed by atoms with Gasteiger partial charge in [0.05, 0.1) is 0 Å². The standard InChI is InChI=1S/C27H38O5/c1-14(2)11-18(28)21-23(30)17-8-10-27(9-7-16-13-20(27)26(16,5)6)32-25(17)22(24(21)31)19(29)12-15(3)4/h14-16,20,30-31H,7-13H2,1-6H3/t16-,20+,27-/m1/s1. The normalized spacial score (nSPS) is 27.8. The van der Waals surface area contributed by atoms with Crippen molar-refractivity contribution in [2.75, 3.05) is 0 Å². The number of aromatic hydroxyl groups is 2. The predicted molar refractivity (Wildman–Crippen MR) is 124 cm³/mol. The Bertz CT molecular complexity index is 956. The van der Waals surface area contributed by atoms with Gasteiger partial charge in [0.15, 0.2) is 11.6 Å². The Balaban J connectivity index is 1.85. The molecule has 3 atom stereocenters. The van der Waals surface area contributed by atoms with Gasteiger partial charge in [-0.05, 0) is 55.3 Å². The molecule has 1 aliphatic heterocycles. The van der Waals surface area contributed by atoms with E-state index in [1.165, 1.54) is 0 Å². The van der Waals surface area contributed by atoms with Crippen LogP contribution in [-0.4, -0.2) is 27.4 Å². The highest BCUT2D eigenvalue weighted by Crippen LogP contribution is 2.66. The van der Waals surface area contributed by atoms with Gasteiger partial charge < -0.3 is 14.9 Å². The Kier molecular flexibility index (Phi) is 5.62. The fraction of sp³-hybridized carbons (Fsp3) is 0.704. The van der Waals surface area contributed by atoms with Crippen molar-refractivity contribution in [3.63, 3.8) is 0 Å². The molecule has 0 saturated heterocycles. The zero-order valence-electron chi connectivity index (χ0n) is 20.4. The molecule has 2 N–H and O–H groups in total. The largest absolute Gasteiger partial charge is 0.507 e. The fourth-order valence-corrected chi connectivity index (χ4v) is 6.57. The van der Waals surface area contributed by atoms with Crippen molar-refractivity contribution in [2.45, 2.75) is 92.1 Å². The summed E-state index contributed by atoms with van der Waals surface area (Å²) in [6, 6.07) is 0. The second kappa shape index (κ2) is 7.78. The molecule has 0 unspecified atom stereocenters. The lowest BCUT2D eigenvalue weighted by atomic mass is 9.43. The summed E-state index contributed by atoms with van der Waals surface area (Å²) in [5, 5.41) is 22.3. The third-order valence-electron chi connectivity index (χ3n) is 8.37. The van der Waals surface area contributed by atoms with Crippen LogP contribution in [0.25, 0.3) is 0 Å². The summed E-state index contributed by atoms with van der Waals surface area (Å²) >= 11 is 0. The van der Waals surface area contributed by atoms with Crippen molar-refractivity contribution in [1.29, 1.82) is 0 Å². The zero-order chi connectivity index (χ0) is 23.6. The Hall–Kier alpha value is -2.04. The molecule has 5 nitrogen and oxygen atoms in total. The molecule has 1 heterocycles. The van der Waals surface area contributed by atoms with Crippen LogP contribution in [0, 0.1) is 29.1 Å². The topological polar surface area (TPSA) is 83.8 Å². The summed E-state index contributed by atoms with van der Waals surface area (Å²) in [6.45, 7) is 12.3. The number of benzene rings is 1. The van der Waals surface area contributed by atoms with Gasteiger partial charge in [0.2, 0.25) is 0 Å². The van der Waals surface area contributed by atoms with Crippen molar-refractivity contribution in [3.8, 4) is 17.2 Å². The lowest BCUT2D eigenvalue weighted by Crippen LogP contribution is -2.64. The fourth-order valence-electron chi connectivity index (χ4n) is 6.57. The average Bonchev–Trinajstić information content (AvgIpc) is 2.66. The van der Waals surface area contributed by atoms with Gasteiger partial charge in [0, 0.05) is 24.3 Å². The molecule has 3 aliphatic carbocycles. The van der Waals surface area contributed by atoms with Gasteiger partial charge in [-0.3, -0.25) is 9.59 Å². The van der Waals surface area contributed by atoms with Crippen LogP contribution in [0.15, 0.2) is 0 Å². The summed E-state index contributed by atoms with van der Waals surface area (Å²) in [5.74, 6) is 0.408. The Morgan fingerprint density at radius 1 is 0.969 bits per heavy atom. The maximum absolute atomic E-state index is 13.3. The maximum atomic E-state index is 13.3. The van der Waals surface area contributed by atoms with Gasteiger partial charge in [0.25, 0.3) is 0 Å². The van der Waals surface area contributed by atoms with E-state index in [0.717, 1.165) is 25.7 Å². The summed E-state index contributed by atoms with van der Waals surface area (Å²) in [7, 11) is 0. The van der Waals surface area contributed by atoms with Crippen molar-refractivity contribution < 1.29 is 24.5 Å². The highest BCUT2D eigenvalue weighted by atomic mass is 16.5. The minimum atomic E-state index is -0.406. The summed E-state index contributed by atoms with van der Waals surface area (Å²) in [4.78, 5) is 26.3. The quantitative estimate of drug-likeness (QED) is 0.522. The van der Waals surface area contributed by atoms with Crippen molar-refractivity contribution in [3.05, 3.63) is 16.7 Å². The Morgan fingerprint density at radius 2 is 1.56 bits per heavy atom. The van der Waals surface area contributed by atoms with Crippen LogP contribution in [0.3, 0.4) is 0 Å². The molecule has 1 spiro atoms. The van der Waals surface area contributed by atoms with Crippen LogP contribution in [0.2, 0.25) is 0 Å². The number of rotatable bonds is 6. The van der Waals surface area contributed by atoms with Crippen LogP contribution in [0.5, 0.6) is 17.2 Å². The van der Waals surface area contributed by atoms with E-state index in [9.17, 15) is 19.8 Å². The second-order valence-electron chi connectivity index (χ2n) is 11.8. The number of ketones is 2. The molecule has 1 aromatic rings. The van der Waals surface area contributed by atoms with Crippen LogP contribution >= 0.6 is 0 Å². The molecule has 5 heteroatoms. The number of carbonyl (C=O) groups is 2. The van der Waals surface area contributed by atoms with Crippen LogP contribution in [-0.2, 0) is 6.42 Å². The minimum Gasteiger partial charge on any atom is -0.507 e. The number of hydrogen-bond acceptors (Lipinski definition) is 5. The van der Waals surface area contributed by atoms with Gasteiger partial charge in [0.1, 0.15) is 34.0 Å². The van der Waals surface area contributed by atoms with Crippen molar-refractivity contribution in [2.24, 2.45) is 29.1 Å². The van der Waals surface area contributed by atoms with E-state index in [1.54, 1.807) is 0 Å². The first-order valence-electron chi connectivity index (χ1n) is 12.2. The van der Waals surface area contributed by atoms with Gasteiger partial charge in [-0.2, -0.15) is 0 Å². The number of hydrogen-bond donors (Lipinski definition) is 2. The number of phenols is 2. The molecule has 3 saturated carbocycles. The monoisotopic (exact) mass is 442 g/mol. The van der Waals surface area contributed by atoms with Crippen molar-refractivity contribution in [1.82, 2.24) is 0 Å². The van der Waals surface area contributed by atoms with E-state index < -0.39 is 5.75 Å². The van der Waals surface area contributed by atoms with Crippen LogP contribution in [0.4, 0.5) is 0 Å². The van der Waals surface area contributed by atoms with Gasteiger partial charge in [-0.15, -0.1) is 0 Å². The Labute approximate surface area is 191 Å². The summed E-state index contributed by atoms with van der Waals surface area (Å²) in [5.41, 5.74) is 0.302. The number of fused-ring (bicyclic) bond motifs is 2. The summed E-state index contributed by atoms with van der Waals surface area (Å²) < 4.78 is 6.71. The summed E-state index contributed by atoms with van der Waals surface area (Å²) in [6.07, 6.45) is 4.89.